The number of alkyl halides is 2. The summed E-state index contributed by atoms with van der Waals surface area (Å²) in [5, 5.41) is 10.6. The molecule has 1 aromatic carbocycles. The largest absolute Gasteiger partial charge is 0.390 e. The lowest BCUT2D eigenvalue weighted by molar-refractivity contribution is -0.0478. The molecule has 0 spiro atoms. The van der Waals surface area contributed by atoms with E-state index in [2.05, 4.69) is 5.32 Å². The van der Waals surface area contributed by atoms with E-state index in [9.17, 15) is 18.0 Å². The Bertz CT molecular complexity index is 438. The number of carbonyl (C=O) groups is 1. The van der Waals surface area contributed by atoms with E-state index in [0.717, 1.165) is 6.07 Å². The van der Waals surface area contributed by atoms with Gasteiger partial charge in [0, 0.05) is 17.7 Å². The van der Waals surface area contributed by atoms with Gasteiger partial charge in [-0.25, -0.2) is 13.2 Å². The predicted octanol–water partition coefficient (Wildman–Crippen LogP) is 0.642. The third-order valence-corrected chi connectivity index (χ3v) is 2.26. The lowest BCUT2D eigenvalue weighted by Crippen LogP contribution is -2.35. The zero-order valence-electron chi connectivity index (χ0n) is 9.42. The number of hydrogen-bond donors (Lipinski definition) is 3. The van der Waals surface area contributed by atoms with Crippen molar-refractivity contribution >= 4 is 5.91 Å². The van der Waals surface area contributed by atoms with Crippen molar-refractivity contribution in [3.8, 4) is 0 Å². The molecule has 0 aliphatic carbocycles. The minimum Gasteiger partial charge on any atom is -0.390 e. The quantitative estimate of drug-likeness (QED) is 0.704. The van der Waals surface area contributed by atoms with Gasteiger partial charge in [-0.2, -0.15) is 0 Å². The molecule has 0 radical (unpaired) electrons. The van der Waals surface area contributed by atoms with Crippen LogP contribution in [0.1, 0.15) is 15.9 Å². The zero-order chi connectivity index (χ0) is 13.8. The summed E-state index contributed by atoms with van der Waals surface area (Å²) < 4.78 is 38.7. The SMILES string of the molecule is NC(=O)c1ccc(F)c(CNCC(F)(F)CO)c1. The van der Waals surface area contributed by atoms with Crippen LogP contribution in [0.3, 0.4) is 0 Å². The molecule has 0 aromatic heterocycles. The van der Waals surface area contributed by atoms with Gasteiger partial charge in [-0.3, -0.25) is 4.79 Å². The fraction of sp³-hybridized carbons (Fsp3) is 0.364. The molecule has 7 heteroatoms. The third-order valence-electron chi connectivity index (χ3n) is 2.26. The normalized spacial score (nSPS) is 11.6. The first-order valence-electron chi connectivity index (χ1n) is 5.13. The number of nitrogens with two attached hydrogens (primary N) is 1. The molecule has 0 aliphatic rings. The first-order valence-corrected chi connectivity index (χ1v) is 5.13. The van der Waals surface area contributed by atoms with E-state index >= 15 is 0 Å². The Hall–Kier alpha value is -1.60. The number of rotatable bonds is 6. The summed E-state index contributed by atoms with van der Waals surface area (Å²) in [5.74, 6) is -4.62. The van der Waals surface area contributed by atoms with Crippen LogP contribution in [0.5, 0.6) is 0 Å². The van der Waals surface area contributed by atoms with E-state index in [-0.39, 0.29) is 17.7 Å². The molecule has 18 heavy (non-hydrogen) atoms. The van der Waals surface area contributed by atoms with Gasteiger partial charge < -0.3 is 16.2 Å². The molecule has 4 nitrogen and oxygen atoms in total. The number of nitrogens with one attached hydrogen (secondary N) is 1. The van der Waals surface area contributed by atoms with Crippen molar-refractivity contribution in [3.63, 3.8) is 0 Å². The summed E-state index contributed by atoms with van der Waals surface area (Å²) in [6.07, 6.45) is 0. The molecule has 0 unspecified atom stereocenters. The highest BCUT2D eigenvalue weighted by atomic mass is 19.3. The average Bonchev–Trinajstić information content (AvgIpc) is 2.31. The molecule has 1 amide bonds. The molecular formula is C11H13F3N2O2. The molecule has 100 valence electrons. The minimum atomic E-state index is -3.27. The predicted molar refractivity (Wildman–Crippen MR) is 58.7 cm³/mol. The maximum Gasteiger partial charge on any atom is 0.282 e. The van der Waals surface area contributed by atoms with E-state index in [1.165, 1.54) is 12.1 Å². The van der Waals surface area contributed by atoms with Crippen molar-refractivity contribution in [3.05, 3.63) is 35.1 Å². The van der Waals surface area contributed by atoms with E-state index in [1.54, 1.807) is 0 Å². The second kappa shape index (κ2) is 5.83. The molecule has 0 atom stereocenters. The number of amides is 1. The van der Waals surface area contributed by atoms with Gasteiger partial charge >= 0.3 is 0 Å². The van der Waals surface area contributed by atoms with Gasteiger partial charge in [0.2, 0.25) is 5.91 Å². The number of halogens is 3. The number of benzene rings is 1. The van der Waals surface area contributed by atoms with Crippen LogP contribution in [0, 0.1) is 5.82 Å². The molecule has 0 bridgehead atoms. The Morgan fingerprint density at radius 3 is 2.67 bits per heavy atom. The Balaban J connectivity index is 2.67. The van der Waals surface area contributed by atoms with Crippen molar-refractivity contribution in [1.29, 1.82) is 0 Å². The average molecular weight is 262 g/mol. The van der Waals surface area contributed by atoms with E-state index < -0.39 is 30.8 Å². The number of aliphatic hydroxyl groups is 1. The van der Waals surface area contributed by atoms with Crippen molar-refractivity contribution in [2.45, 2.75) is 12.5 Å². The zero-order valence-corrected chi connectivity index (χ0v) is 9.42. The monoisotopic (exact) mass is 262 g/mol. The molecule has 4 N–H and O–H groups in total. The fourth-order valence-electron chi connectivity index (χ4n) is 1.30. The Kier molecular flexibility index (Phi) is 4.69. The number of hydrogen-bond acceptors (Lipinski definition) is 3. The Morgan fingerprint density at radius 2 is 2.11 bits per heavy atom. The van der Waals surface area contributed by atoms with Gasteiger partial charge in [-0.15, -0.1) is 0 Å². The Labute approximate surface area is 102 Å². The number of aliphatic hydroxyl groups excluding tert-OH is 1. The summed E-state index contributed by atoms with van der Waals surface area (Å²) in [6.45, 7) is -2.27. The topological polar surface area (TPSA) is 75.4 Å². The molecule has 0 fully saturated rings. The lowest BCUT2D eigenvalue weighted by atomic mass is 10.1. The van der Waals surface area contributed by atoms with Gasteiger partial charge in [0.05, 0.1) is 6.54 Å². The van der Waals surface area contributed by atoms with Crippen molar-refractivity contribution in [2.24, 2.45) is 5.73 Å². The van der Waals surface area contributed by atoms with Crippen LogP contribution < -0.4 is 11.1 Å². The van der Waals surface area contributed by atoms with Crippen LogP contribution in [0.25, 0.3) is 0 Å². The van der Waals surface area contributed by atoms with Crippen molar-refractivity contribution < 1.29 is 23.1 Å². The standard InChI is InChI=1S/C11H13F3N2O2/c12-9-2-1-7(10(15)18)3-8(9)4-16-5-11(13,14)6-17/h1-3,16-17H,4-6H2,(H2,15,18). The van der Waals surface area contributed by atoms with Gasteiger partial charge in [0.1, 0.15) is 12.4 Å². The second-order valence-corrected chi connectivity index (χ2v) is 3.79. The smallest absolute Gasteiger partial charge is 0.282 e. The summed E-state index contributed by atoms with van der Waals surface area (Å²) >= 11 is 0. The maximum absolute atomic E-state index is 13.3. The maximum atomic E-state index is 13.3. The molecule has 0 saturated heterocycles. The van der Waals surface area contributed by atoms with Crippen LogP contribution in [-0.4, -0.2) is 30.1 Å². The molecule has 0 saturated carbocycles. The highest BCUT2D eigenvalue weighted by Gasteiger charge is 2.26. The van der Waals surface area contributed by atoms with Crippen LogP contribution in [0.2, 0.25) is 0 Å². The van der Waals surface area contributed by atoms with Gasteiger partial charge in [-0.1, -0.05) is 0 Å². The highest BCUT2D eigenvalue weighted by Crippen LogP contribution is 2.13. The van der Waals surface area contributed by atoms with Crippen LogP contribution >= 0.6 is 0 Å². The highest BCUT2D eigenvalue weighted by molar-refractivity contribution is 5.92. The third kappa shape index (κ3) is 4.01. The summed E-state index contributed by atoms with van der Waals surface area (Å²) in [7, 11) is 0. The molecular weight excluding hydrogens is 249 g/mol. The minimum absolute atomic E-state index is 0.0556. The first-order chi connectivity index (χ1) is 8.35. The van der Waals surface area contributed by atoms with Crippen LogP contribution in [-0.2, 0) is 6.54 Å². The van der Waals surface area contributed by atoms with Crippen LogP contribution in [0.4, 0.5) is 13.2 Å². The van der Waals surface area contributed by atoms with E-state index in [0.29, 0.717) is 0 Å². The molecule has 0 aliphatic heterocycles. The van der Waals surface area contributed by atoms with E-state index in [1.807, 2.05) is 0 Å². The number of primary amides is 1. The summed E-state index contributed by atoms with van der Waals surface area (Å²) in [5.41, 5.74) is 5.17. The van der Waals surface area contributed by atoms with Gasteiger partial charge in [0.25, 0.3) is 5.92 Å². The van der Waals surface area contributed by atoms with Crippen LogP contribution in [0.15, 0.2) is 18.2 Å². The van der Waals surface area contributed by atoms with Gasteiger partial charge in [-0.05, 0) is 18.2 Å². The Morgan fingerprint density at radius 1 is 1.44 bits per heavy atom. The fourth-order valence-corrected chi connectivity index (χ4v) is 1.30. The summed E-state index contributed by atoms with van der Waals surface area (Å²) in [6, 6.07) is 3.45. The lowest BCUT2D eigenvalue weighted by Gasteiger charge is -2.14. The molecule has 1 aromatic rings. The van der Waals surface area contributed by atoms with Crippen molar-refractivity contribution in [1.82, 2.24) is 5.32 Å². The van der Waals surface area contributed by atoms with Crippen molar-refractivity contribution in [2.75, 3.05) is 13.2 Å². The molecule has 1 rings (SSSR count). The molecule has 0 heterocycles. The van der Waals surface area contributed by atoms with Gasteiger partial charge in [0.15, 0.2) is 0 Å². The first kappa shape index (κ1) is 14.5. The number of carbonyl (C=O) groups excluding carboxylic acids is 1. The summed E-state index contributed by atoms with van der Waals surface area (Å²) in [4.78, 5) is 10.9. The second-order valence-electron chi connectivity index (χ2n) is 3.79. The van der Waals surface area contributed by atoms with E-state index in [4.69, 9.17) is 10.8 Å².